The van der Waals surface area contributed by atoms with Gasteiger partial charge in [-0.15, -0.1) is 0 Å². The maximum atomic E-state index is 12.5. The number of nitrogens with two attached hydrogens (primary N) is 1. The van der Waals surface area contributed by atoms with Gasteiger partial charge in [0.2, 0.25) is 0 Å². The second-order valence-electron chi connectivity index (χ2n) is 5.50. The zero-order valence-electron chi connectivity index (χ0n) is 13.0. The van der Waals surface area contributed by atoms with Crippen LogP contribution in [0.2, 0.25) is 5.02 Å². The largest absolute Gasteiger partial charge is 0.355 e. The molecule has 1 aromatic heterocycles. The summed E-state index contributed by atoms with van der Waals surface area (Å²) in [7, 11) is 1.87. The molecule has 3 aromatic rings. The van der Waals surface area contributed by atoms with Gasteiger partial charge in [0.05, 0.1) is 7.05 Å². The lowest BCUT2D eigenvalue weighted by Crippen LogP contribution is -2.39. The number of rotatable bonds is 4. The molecule has 3 rings (SSSR count). The van der Waals surface area contributed by atoms with Crippen LogP contribution >= 0.6 is 27.5 Å². The van der Waals surface area contributed by atoms with Gasteiger partial charge in [-0.3, -0.25) is 10.5 Å². The first kappa shape index (κ1) is 16.7. The standard InChI is InChI=1S/C18H15BrClN3O/c1-22-16(12-5-7-15(20)8-6-12)10-23(18(22)21)11-17(24)13-3-2-4-14(19)9-13/h2-10,21H,11H2,1H3/p+1. The van der Waals surface area contributed by atoms with Gasteiger partial charge in [0.25, 0.3) is 0 Å². The number of imidazole rings is 1. The van der Waals surface area contributed by atoms with Gasteiger partial charge >= 0.3 is 5.95 Å². The summed E-state index contributed by atoms with van der Waals surface area (Å²) < 4.78 is 4.49. The van der Waals surface area contributed by atoms with Gasteiger partial charge in [-0.2, -0.15) is 0 Å². The SMILES string of the molecule is Cn1c(-c2ccc(Cl)cc2)c[n+](CC(=O)c2cccc(Br)c2)c1N. The van der Waals surface area contributed by atoms with E-state index in [1.165, 1.54) is 0 Å². The van der Waals surface area contributed by atoms with Crippen LogP contribution in [0.15, 0.2) is 59.2 Å². The minimum Gasteiger partial charge on any atom is -0.291 e. The molecular weight excluding hydrogens is 390 g/mol. The summed E-state index contributed by atoms with van der Waals surface area (Å²) in [6, 6.07) is 14.9. The number of carbonyl (C=O) groups excluding carboxylic acids is 1. The van der Waals surface area contributed by atoms with Crippen LogP contribution in [-0.4, -0.2) is 10.4 Å². The van der Waals surface area contributed by atoms with Crippen LogP contribution in [0.4, 0.5) is 5.95 Å². The van der Waals surface area contributed by atoms with Crippen molar-refractivity contribution in [3.05, 3.63) is 69.8 Å². The third-order valence-electron chi connectivity index (χ3n) is 3.88. The number of ketones is 1. The molecule has 24 heavy (non-hydrogen) atoms. The minimum absolute atomic E-state index is 0.00116. The van der Waals surface area contributed by atoms with Crippen LogP contribution in [0.25, 0.3) is 11.3 Å². The molecule has 0 aliphatic heterocycles. The number of nitrogens with zero attached hydrogens (tertiary/aromatic N) is 2. The lowest BCUT2D eigenvalue weighted by Gasteiger charge is -2.01. The highest BCUT2D eigenvalue weighted by molar-refractivity contribution is 9.10. The molecule has 0 fully saturated rings. The van der Waals surface area contributed by atoms with Gasteiger partial charge in [0.1, 0.15) is 18.4 Å². The summed E-state index contributed by atoms with van der Waals surface area (Å²) in [5.41, 5.74) is 8.72. The van der Waals surface area contributed by atoms with Crippen molar-refractivity contribution in [3.8, 4) is 11.3 Å². The molecule has 0 aliphatic carbocycles. The molecular formula is C18H16BrClN3O+. The van der Waals surface area contributed by atoms with Gasteiger partial charge in [0, 0.05) is 20.6 Å². The Morgan fingerprint density at radius 2 is 1.96 bits per heavy atom. The lowest BCUT2D eigenvalue weighted by atomic mass is 10.1. The van der Waals surface area contributed by atoms with Gasteiger partial charge < -0.3 is 0 Å². The molecule has 2 aromatic carbocycles. The smallest absolute Gasteiger partial charge is 0.291 e. The highest BCUT2D eigenvalue weighted by Crippen LogP contribution is 2.22. The zero-order chi connectivity index (χ0) is 17.3. The Labute approximate surface area is 153 Å². The maximum absolute atomic E-state index is 12.5. The molecule has 0 saturated carbocycles. The molecule has 0 atom stereocenters. The lowest BCUT2D eigenvalue weighted by molar-refractivity contribution is -0.667. The fourth-order valence-electron chi connectivity index (χ4n) is 2.54. The van der Waals surface area contributed by atoms with Crippen LogP contribution in [0.5, 0.6) is 0 Å². The van der Waals surface area contributed by atoms with Crippen LogP contribution in [-0.2, 0) is 13.6 Å². The number of benzene rings is 2. The van der Waals surface area contributed by atoms with Gasteiger partial charge in [-0.05, 0) is 36.4 Å². The second kappa shape index (κ2) is 6.79. The van der Waals surface area contributed by atoms with Gasteiger partial charge in [0.15, 0.2) is 5.78 Å². The molecule has 0 amide bonds. The van der Waals surface area contributed by atoms with E-state index < -0.39 is 0 Å². The van der Waals surface area contributed by atoms with E-state index in [0.29, 0.717) is 16.5 Å². The normalized spacial score (nSPS) is 10.8. The van der Waals surface area contributed by atoms with Crippen LogP contribution < -0.4 is 10.3 Å². The number of aromatic nitrogens is 2. The zero-order valence-corrected chi connectivity index (χ0v) is 15.4. The Kier molecular flexibility index (Phi) is 4.73. The van der Waals surface area contributed by atoms with Crippen molar-refractivity contribution in [1.29, 1.82) is 0 Å². The first-order valence-corrected chi connectivity index (χ1v) is 8.52. The molecule has 6 heteroatoms. The molecule has 0 unspecified atom stereocenters. The van der Waals surface area contributed by atoms with Crippen molar-refractivity contribution in [1.82, 2.24) is 4.57 Å². The molecule has 1 heterocycles. The Hall–Kier alpha value is -2.11. The molecule has 0 bridgehead atoms. The summed E-state index contributed by atoms with van der Waals surface area (Å²) in [5, 5.41) is 0.679. The summed E-state index contributed by atoms with van der Waals surface area (Å²) in [6.45, 7) is 0.184. The average molecular weight is 406 g/mol. The summed E-state index contributed by atoms with van der Waals surface area (Å²) in [5.74, 6) is 0.518. The summed E-state index contributed by atoms with van der Waals surface area (Å²) in [4.78, 5) is 12.5. The molecule has 4 nitrogen and oxygen atoms in total. The van der Waals surface area contributed by atoms with Crippen LogP contribution in [0.1, 0.15) is 10.4 Å². The summed E-state index contributed by atoms with van der Waals surface area (Å²) in [6.07, 6.45) is 1.88. The van der Waals surface area contributed by atoms with Crippen LogP contribution in [0, 0.1) is 0 Å². The van der Waals surface area contributed by atoms with Crippen molar-refractivity contribution in [3.63, 3.8) is 0 Å². The Morgan fingerprint density at radius 3 is 2.62 bits per heavy atom. The minimum atomic E-state index is 0.00116. The number of hydrogen-bond acceptors (Lipinski definition) is 2. The maximum Gasteiger partial charge on any atom is 0.355 e. The second-order valence-corrected chi connectivity index (χ2v) is 6.85. The van der Waals surface area contributed by atoms with Crippen molar-refractivity contribution >= 4 is 39.3 Å². The highest BCUT2D eigenvalue weighted by atomic mass is 79.9. The fraction of sp³-hybridized carbons (Fsp3) is 0.111. The first-order chi connectivity index (χ1) is 11.5. The number of nitrogen functional groups attached to an aromatic ring is 1. The molecule has 0 spiro atoms. The van der Waals surface area contributed by atoms with Crippen molar-refractivity contribution < 1.29 is 9.36 Å². The third kappa shape index (κ3) is 3.37. The first-order valence-electron chi connectivity index (χ1n) is 7.35. The number of Topliss-reactive ketones (excluding diaryl/α,β-unsaturated/α-hetero) is 1. The number of halogens is 2. The van der Waals surface area contributed by atoms with E-state index in [9.17, 15) is 4.79 Å². The van der Waals surface area contributed by atoms with Crippen molar-refractivity contribution in [2.75, 3.05) is 5.73 Å². The quantitative estimate of drug-likeness (QED) is 0.529. The van der Waals surface area contributed by atoms with E-state index in [4.69, 9.17) is 17.3 Å². The predicted octanol–water partition coefficient (Wildman–Crippen LogP) is 3.86. The number of hydrogen-bond donors (Lipinski definition) is 1. The topological polar surface area (TPSA) is 51.9 Å². The highest BCUT2D eigenvalue weighted by Gasteiger charge is 2.20. The van der Waals surface area contributed by atoms with E-state index >= 15 is 0 Å². The monoisotopic (exact) mass is 404 g/mol. The Morgan fingerprint density at radius 1 is 1.25 bits per heavy atom. The van der Waals surface area contributed by atoms with E-state index in [1.807, 2.05) is 60.3 Å². The van der Waals surface area contributed by atoms with Gasteiger partial charge in [-0.1, -0.05) is 39.7 Å². The van der Waals surface area contributed by atoms with E-state index in [0.717, 1.165) is 15.7 Å². The van der Waals surface area contributed by atoms with E-state index in [2.05, 4.69) is 15.9 Å². The average Bonchev–Trinajstić information content (AvgIpc) is 2.84. The Bertz CT molecular complexity index is 903. The molecule has 2 N–H and O–H groups in total. The van der Waals surface area contributed by atoms with Crippen molar-refractivity contribution in [2.24, 2.45) is 7.05 Å². The van der Waals surface area contributed by atoms with E-state index in [-0.39, 0.29) is 12.3 Å². The molecule has 0 aliphatic rings. The molecule has 122 valence electrons. The fourth-order valence-corrected chi connectivity index (χ4v) is 3.07. The molecule has 0 radical (unpaired) electrons. The predicted molar refractivity (Wildman–Crippen MR) is 98.9 cm³/mol. The summed E-state index contributed by atoms with van der Waals surface area (Å²) >= 11 is 9.32. The van der Waals surface area contributed by atoms with Crippen LogP contribution in [0.3, 0.4) is 0 Å². The number of carbonyl (C=O) groups is 1. The van der Waals surface area contributed by atoms with E-state index in [1.54, 1.807) is 10.6 Å². The van der Waals surface area contributed by atoms with Gasteiger partial charge in [-0.25, -0.2) is 9.13 Å². The molecule has 0 saturated heterocycles. The number of anilines is 1. The van der Waals surface area contributed by atoms with Crippen molar-refractivity contribution in [2.45, 2.75) is 6.54 Å². The third-order valence-corrected chi connectivity index (χ3v) is 4.62. The Balaban J connectivity index is 1.91.